The number of hydrogen-bond donors (Lipinski definition) is 2. The molecule has 3 rings (SSSR count). The van der Waals surface area contributed by atoms with Crippen molar-refractivity contribution in [2.45, 2.75) is 44.1 Å². The molecule has 3 nitrogen and oxygen atoms in total. The second-order valence-corrected chi connectivity index (χ2v) is 6.11. The van der Waals surface area contributed by atoms with Gasteiger partial charge in [-0.1, -0.05) is 36.8 Å². The fraction of sp³-hybridized carbons (Fsp3) is 0.588. The van der Waals surface area contributed by atoms with Crippen molar-refractivity contribution in [3.63, 3.8) is 0 Å². The average Bonchev–Trinajstić information content (AvgIpc) is 2.97. The van der Waals surface area contributed by atoms with Gasteiger partial charge in [0.1, 0.15) is 0 Å². The van der Waals surface area contributed by atoms with Gasteiger partial charge in [0.05, 0.1) is 5.92 Å². The molecule has 1 aliphatic carbocycles. The molecule has 0 bridgehead atoms. The number of benzene rings is 1. The lowest BCUT2D eigenvalue weighted by molar-refractivity contribution is -0.126. The van der Waals surface area contributed by atoms with Crippen LogP contribution in [-0.4, -0.2) is 25.0 Å². The molecule has 21 heavy (non-hydrogen) atoms. The number of carbonyl (C=O) groups excluding carboxylic acids is 1. The van der Waals surface area contributed by atoms with Crippen LogP contribution in [0.2, 0.25) is 0 Å². The van der Waals surface area contributed by atoms with Gasteiger partial charge < -0.3 is 10.6 Å². The lowest BCUT2D eigenvalue weighted by atomic mass is 9.92. The molecule has 1 heterocycles. The highest BCUT2D eigenvalue weighted by Crippen LogP contribution is 2.34. The zero-order valence-corrected chi connectivity index (χ0v) is 13.2. The normalized spacial score (nSPS) is 28.7. The Bertz CT molecular complexity index is 445. The Morgan fingerprint density at radius 3 is 2.62 bits per heavy atom. The van der Waals surface area contributed by atoms with E-state index in [1.807, 2.05) is 0 Å². The van der Waals surface area contributed by atoms with Gasteiger partial charge in [0, 0.05) is 18.5 Å². The number of rotatable bonds is 3. The molecule has 2 fully saturated rings. The minimum Gasteiger partial charge on any atom is -0.352 e. The molecule has 0 aromatic heterocycles. The number of halogens is 1. The summed E-state index contributed by atoms with van der Waals surface area (Å²) < 4.78 is 0. The molecule has 1 amide bonds. The van der Waals surface area contributed by atoms with Crippen LogP contribution in [0.25, 0.3) is 0 Å². The molecule has 4 heteroatoms. The van der Waals surface area contributed by atoms with Crippen LogP contribution in [0.15, 0.2) is 30.3 Å². The van der Waals surface area contributed by atoms with Crippen LogP contribution < -0.4 is 10.6 Å². The predicted octanol–water partition coefficient (Wildman–Crippen LogP) is 2.86. The van der Waals surface area contributed by atoms with Crippen molar-refractivity contribution in [1.29, 1.82) is 0 Å². The Morgan fingerprint density at radius 2 is 1.90 bits per heavy atom. The van der Waals surface area contributed by atoms with Crippen molar-refractivity contribution in [2.24, 2.45) is 5.92 Å². The number of piperidine rings is 1. The van der Waals surface area contributed by atoms with Crippen LogP contribution in [0.1, 0.15) is 43.6 Å². The van der Waals surface area contributed by atoms with E-state index in [0.717, 1.165) is 32.4 Å². The van der Waals surface area contributed by atoms with Crippen LogP contribution in [0.4, 0.5) is 0 Å². The summed E-state index contributed by atoms with van der Waals surface area (Å²) in [5.41, 5.74) is 1.37. The van der Waals surface area contributed by atoms with Crippen molar-refractivity contribution >= 4 is 18.3 Å². The third kappa shape index (κ3) is 3.98. The first-order valence-corrected chi connectivity index (χ1v) is 7.90. The highest BCUT2D eigenvalue weighted by Gasteiger charge is 2.31. The number of amides is 1. The predicted molar refractivity (Wildman–Crippen MR) is 87.8 cm³/mol. The molecule has 0 spiro atoms. The van der Waals surface area contributed by atoms with E-state index in [2.05, 4.69) is 41.0 Å². The van der Waals surface area contributed by atoms with Crippen molar-refractivity contribution in [1.82, 2.24) is 10.6 Å². The molecule has 1 saturated heterocycles. The summed E-state index contributed by atoms with van der Waals surface area (Å²) in [7, 11) is 0. The zero-order chi connectivity index (χ0) is 13.8. The smallest absolute Gasteiger partial charge is 0.224 e. The highest BCUT2D eigenvalue weighted by atomic mass is 35.5. The van der Waals surface area contributed by atoms with Gasteiger partial charge in [-0.3, -0.25) is 4.79 Å². The Balaban J connectivity index is 0.00000161. The van der Waals surface area contributed by atoms with Crippen LogP contribution in [0.3, 0.4) is 0 Å². The van der Waals surface area contributed by atoms with Crippen molar-refractivity contribution in [2.75, 3.05) is 13.1 Å². The third-order valence-corrected chi connectivity index (χ3v) is 4.74. The first kappa shape index (κ1) is 16.3. The van der Waals surface area contributed by atoms with Gasteiger partial charge >= 0.3 is 0 Å². The lowest BCUT2D eigenvalue weighted by Gasteiger charge is -2.26. The Kier molecular flexibility index (Phi) is 6.07. The number of hydrogen-bond acceptors (Lipinski definition) is 2. The highest BCUT2D eigenvalue weighted by molar-refractivity contribution is 5.85. The molecular weight excluding hydrogens is 284 g/mol. The summed E-state index contributed by atoms with van der Waals surface area (Å²) in [6, 6.07) is 11.0. The van der Waals surface area contributed by atoms with Gasteiger partial charge in [0.25, 0.3) is 0 Å². The van der Waals surface area contributed by atoms with Gasteiger partial charge in [-0.05, 0) is 37.8 Å². The molecule has 3 unspecified atom stereocenters. The lowest BCUT2D eigenvalue weighted by Crippen LogP contribution is -2.45. The van der Waals surface area contributed by atoms with Crippen LogP contribution in [0.5, 0.6) is 0 Å². The first-order valence-electron chi connectivity index (χ1n) is 7.90. The fourth-order valence-electron chi connectivity index (χ4n) is 3.61. The monoisotopic (exact) mass is 308 g/mol. The van der Waals surface area contributed by atoms with Crippen LogP contribution in [-0.2, 0) is 4.79 Å². The molecule has 3 atom stereocenters. The minimum atomic E-state index is 0. The summed E-state index contributed by atoms with van der Waals surface area (Å²) in [5, 5.41) is 6.64. The maximum atomic E-state index is 12.4. The van der Waals surface area contributed by atoms with Crippen molar-refractivity contribution < 1.29 is 4.79 Å². The Morgan fingerprint density at radius 1 is 1.10 bits per heavy atom. The van der Waals surface area contributed by atoms with Gasteiger partial charge in [-0.2, -0.15) is 0 Å². The van der Waals surface area contributed by atoms with E-state index in [-0.39, 0.29) is 24.2 Å². The molecule has 0 radical (unpaired) electrons. The van der Waals surface area contributed by atoms with Gasteiger partial charge in [0.15, 0.2) is 0 Å². The maximum Gasteiger partial charge on any atom is 0.224 e. The fourth-order valence-corrected chi connectivity index (χ4v) is 3.61. The van der Waals surface area contributed by atoms with Crippen molar-refractivity contribution in [3.05, 3.63) is 35.9 Å². The molecule has 1 aliphatic heterocycles. The third-order valence-electron chi connectivity index (χ3n) is 4.74. The van der Waals surface area contributed by atoms with E-state index in [9.17, 15) is 4.79 Å². The van der Waals surface area contributed by atoms with Gasteiger partial charge in [-0.15, -0.1) is 12.4 Å². The average molecular weight is 309 g/mol. The summed E-state index contributed by atoms with van der Waals surface area (Å²) in [4.78, 5) is 12.4. The van der Waals surface area contributed by atoms with E-state index in [0.29, 0.717) is 12.0 Å². The largest absolute Gasteiger partial charge is 0.352 e. The second-order valence-electron chi connectivity index (χ2n) is 6.11. The zero-order valence-electron chi connectivity index (χ0n) is 12.4. The first-order chi connectivity index (χ1) is 9.84. The number of carbonyl (C=O) groups is 1. The molecule has 2 N–H and O–H groups in total. The Hall–Kier alpha value is -1.06. The van der Waals surface area contributed by atoms with E-state index in [1.54, 1.807) is 0 Å². The molecule has 116 valence electrons. The van der Waals surface area contributed by atoms with E-state index < -0.39 is 0 Å². The van der Waals surface area contributed by atoms with E-state index in [1.165, 1.54) is 18.4 Å². The van der Waals surface area contributed by atoms with E-state index >= 15 is 0 Å². The van der Waals surface area contributed by atoms with E-state index in [4.69, 9.17) is 0 Å². The summed E-state index contributed by atoms with van der Waals surface area (Å²) in [6.45, 7) is 1.90. The summed E-state index contributed by atoms with van der Waals surface area (Å²) in [6.07, 6.45) is 5.67. The quantitative estimate of drug-likeness (QED) is 0.901. The number of nitrogens with one attached hydrogen (secondary N) is 2. The Labute approximate surface area is 133 Å². The van der Waals surface area contributed by atoms with Crippen LogP contribution >= 0.6 is 12.4 Å². The van der Waals surface area contributed by atoms with Crippen LogP contribution in [0, 0.1) is 5.92 Å². The SMILES string of the molecule is Cl.O=C(NC1CCCC1c1ccccc1)C1CCCNC1. The topological polar surface area (TPSA) is 41.1 Å². The summed E-state index contributed by atoms with van der Waals surface area (Å²) in [5.74, 6) is 0.919. The summed E-state index contributed by atoms with van der Waals surface area (Å²) >= 11 is 0. The standard InChI is InChI=1S/C17H24N2O.ClH/c20-17(14-8-5-11-18-12-14)19-16-10-4-9-15(16)13-6-2-1-3-7-13;/h1-3,6-7,14-16,18H,4-5,8-12H2,(H,19,20);1H. The van der Waals surface area contributed by atoms with Crippen molar-refractivity contribution in [3.8, 4) is 0 Å². The minimum absolute atomic E-state index is 0. The molecule has 1 saturated carbocycles. The molecule has 1 aromatic rings. The van der Waals surface area contributed by atoms with Gasteiger partial charge in [0.2, 0.25) is 5.91 Å². The van der Waals surface area contributed by atoms with Gasteiger partial charge in [-0.25, -0.2) is 0 Å². The molecule has 1 aromatic carbocycles. The maximum absolute atomic E-state index is 12.4. The molecular formula is C17H25ClN2O. The molecule has 2 aliphatic rings. The second kappa shape index (κ2) is 7.81.